The van der Waals surface area contributed by atoms with Crippen molar-refractivity contribution in [3.8, 4) is 0 Å². The molecule has 0 aromatic rings. The second-order valence-corrected chi connectivity index (χ2v) is 14.7. The summed E-state index contributed by atoms with van der Waals surface area (Å²) in [6.07, 6.45) is 44.4. The van der Waals surface area contributed by atoms with Crippen molar-refractivity contribution in [1.29, 1.82) is 0 Å². The Kier molecular flexibility index (Phi) is 38.8. The lowest BCUT2D eigenvalue weighted by atomic mass is 10.0. The van der Waals surface area contributed by atoms with Crippen LogP contribution in [-0.4, -0.2) is 47.4 Å². The number of aliphatic hydroxyl groups excluding tert-OH is 2. The van der Waals surface area contributed by atoms with Crippen molar-refractivity contribution in [2.45, 2.75) is 231 Å². The lowest BCUT2D eigenvalue weighted by Crippen LogP contribution is -2.45. The van der Waals surface area contributed by atoms with Gasteiger partial charge >= 0.3 is 5.97 Å². The van der Waals surface area contributed by atoms with E-state index in [9.17, 15) is 19.8 Å². The number of amides is 1. The maximum atomic E-state index is 12.4. The van der Waals surface area contributed by atoms with Gasteiger partial charge in [0.05, 0.1) is 25.4 Å². The molecule has 50 heavy (non-hydrogen) atoms. The molecule has 0 rings (SSSR count). The first-order chi connectivity index (χ1) is 24.5. The normalized spacial score (nSPS) is 13.0. The third kappa shape index (κ3) is 36.1. The molecule has 0 heterocycles. The van der Waals surface area contributed by atoms with Gasteiger partial charge in [0.2, 0.25) is 5.91 Å². The van der Waals surface area contributed by atoms with E-state index in [-0.39, 0.29) is 18.5 Å². The summed E-state index contributed by atoms with van der Waals surface area (Å²) in [5, 5.41) is 22.9. The zero-order valence-electron chi connectivity index (χ0n) is 33.1. The Morgan fingerprint density at radius 1 is 0.540 bits per heavy atom. The molecule has 0 aromatic carbocycles. The van der Waals surface area contributed by atoms with Crippen LogP contribution in [0.4, 0.5) is 0 Å². The van der Waals surface area contributed by atoms with E-state index >= 15 is 0 Å². The van der Waals surface area contributed by atoms with Gasteiger partial charge in [-0.2, -0.15) is 0 Å². The average Bonchev–Trinajstić information content (AvgIpc) is 3.11. The molecule has 6 nitrogen and oxygen atoms in total. The highest BCUT2D eigenvalue weighted by Gasteiger charge is 2.18. The number of carbonyl (C=O) groups is 2. The third-order valence-corrected chi connectivity index (χ3v) is 9.72. The smallest absolute Gasteiger partial charge is 0.305 e. The van der Waals surface area contributed by atoms with Crippen LogP contribution in [-0.2, 0) is 14.3 Å². The molecule has 2 unspecified atom stereocenters. The predicted octanol–water partition coefficient (Wildman–Crippen LogP) is 12.0. The fraction of sp³-hybridized carbons (Fsp3) is 0.864. The average molecular weight is 706 g/mol. The first kappa shape index (κ1) is 48.3. The third-order valence-electron chi connectivity index (χ3n) is 9.72. The van der Waals surface area contributed by atoms with Crippen LogP contribution in [0.5, 0.6) is 0 Å². The van der Waals surface area contributed by atoms with E-state index in [0.29, 0.717) is 19.4 Å². The lowest BCUT2D eigenvalue weighted by molar-refractivity contribution is -0.143. The Bertz CT molecular complexity index is 782. The number of rotatable bonds is 39. The first-order valence-corrected chi connectivity index (χ1v) is 21.6. The largest absolute Gasteiger partial charge is 0.466 e. The minimum Gasteiger partial charge on any atom is -0.466 e. The Labute approximate surface area is 310 Å². The van der Waals surface area contributed by atoms with Gasteiger partial charge in [0.25, 0.3) is 0 Å². The summed E-state index contributed by atoms with van der Waals surface area (Å²) in [6, 6.07) is -0.646. The van der Waals surface area contributed by atoms with Crippen molar-refractivity contribution in [3.05, 3.63) is 24.3 Å². The first-order valence-electron chi connectivity index (χ1n) is 21.6. The molecule has 0 radical (unpaired) electrons. The van der Waals surface area contributed by atoms with Crippen LogP contribution in [0.15, 0.2) is 24.3 Å². The standard InChI is InChI=1S/C44H83NO5/c1-3-5-7-9-11-13-15-17-20-24-28-32-36-42(47)41(40-46)45-43(48)37-33-29-25-21-19-23-27-31-35-39-50-44(49)38-34-30-26-22-18-16-14-12-10-8-6-4-2/h12,14,32,36,41-42,46-47H,3-11,13,15-31,33-35,37-40H2,1-2H3,(H,45,48)/b14-12-,36-32+. The summed E-state index contributed by atoms with van der Waals surface area (Å²) in [4.78, 5) is 24.3. The van der Waals surface area contributed by atoms with Crippen LogP contribution in [0.2, 0.25) is 0 Å². The molecular formula is C44H83NO5. The highest BCUT2D eigenvalue weighted by molar-refractivity contribution is 5.76. The van der Waals surface area contributed by atoms with E-state index in [1.807, 2.05) is 6.08 Å². The molecule has 0 aliphatic carbocycles. The molecule has 0 bridgehead atoms. The summed E-state index contributed by atoms with van der Waals surface area (Å²) >= 11 is 0. The summed E-state index contributed by atoms with van der Waals surface area (Å²) in [6.45, 7) is 4.78. The number of ether oxygens (including phenoxy) is 1. The van der Waals surface area contributed by atoms with Crippen molar-refractivity contribution in [3.63, 3.8) is 0 Å². The highest BCUT2D eigenvalue weighted by Crippen LogP contribution is 2.14. The summed E-state index contributed by atoms with van der Waals surface area (Å²) < 4.78 is 5.42. The minimum atomic E-state index is -0.860. The molecule has 0 saturated carbocycles. The van der Waals surface area contributed by atoms with Crippen molar-refractivity contribution in [1.82, 2.24) is 5.32 Å². The molecule has 0 spiro atoms. The molecule has 0 fully saturated rings. The highest BCUT2D eigenvalue weighted by atomic mass is 16.5. The minimum absolute atomic E-state index is 0.0385. The summed E-state index contributed by atoms with van der Waals surface area (Å²) in [5.74, 6) is -0.137. The van der Waals surface area contributed by atoms with Gasteiger partial charge in [-0.05, 0) is 57.8 Å². The van der Waals surface area contributed by atoms with Gasteiger partial charge in [-0.1, -0.05) is 173 Å². The topological polar surface area (TPSA) is 95.9 Å². The fourth-order valence-corrected chi connectivity index (χ4v) is 6.33. The van der Waals surface area contributed by atoms with E-state index in [2.05, 4.69) is 31.3 Å². The number of nitrogens with one attached hydrogen (secondary N) is 1. The summed E-state index contributed by atoms with van der Waals surface area (Å²) in [7, 11) is 0. The van der Waals surface area contributed by atoms with E-state index < -0.39 is 12.1 Å². The van der Waals surface area contributed by atoms with Crippen molar-refractivity contribution >= 4 is 11.9 Å². The zero-order valence-corrected chi connectivity index (χ0v) is 33.1. The molecule has 3 N–H and O–H groups in total. The second-order valence-electron chi connectivity index (χ2n) is 14.7. The lowest BCUT2D eigenvalue weighted by Gasteiger charge is -2.20. The SMILES string of the molecule is CCCCC/C=C\CCCCCCCC(=O)OCCCCCCCCCCCC(=O)NC(CO)C(O)/C=C/CCCCCCCCCCCC. The van der Waals surface area contributed by atoms with Gasteiger partial charge in [0.1, 0.15) is 0 Å². The molecule has 1 amide bonds. The maximum Gasteiger partial charge on any atom is 0.305 e. The van der Waals surface area contributed by atoms with Crippen LogP contribution in [0.1, 0.15) is 219 Å². The molecular weight excluding hydrogens is 622 g/mol. The fourth-order valence-electron chi connectivity index (χ4n) is 6.33. The summed E-state index contributed by atoms with van der Waals surface area (Å²) in [5.41, 5.74) is 0. The maximum absolute atomic E-state index is 12.4. The van der Waals surface area contributed by atoms with Crippen LogP contribution < -0.4 is 5.32 Å². The molecule has 294 valence electrons. The van der Waals surface area contributed by atoms with Crippen LogP contribution in [0, 0.1) is 0 Å². The van der Waals surface area contributed by atoms with Gasteiger partial charge in [-0.25, -0.2) is 0 Å². The van der Waals surface area contributed by atoms with E-state index in [1.165, 1.54) is 135 Å². The van der Waals surface area contributed by atoms with Gasteiger partial charge in [0, 0.05) is 12.8 Å². The van der Waals surface area contributed by atoms with Crippen molar-refractivity contribution in [2.24, 2.45) is 0 Å². The van der Waals surface area contributed by atoms with Gasteiger partial charge in [-0.3, -0.25) is 9.59 Å². The molecule has 2 atom stereocenters. The molecule has 0 aromatic heterocycles. The van der Waals surface area contributed by atoms with E-state index in [1.54, 1.807) is 6.08 Å². The molecule has 0 aliphatic heterocycles. The molecule has 6 heteroatoms. The molecule has 0 aliphatic rings. The van der Waals surface area contributed by atoms with Gasteiger partial charge in [0.15, 0.2) is 0 Å². The number of aliphatic hydroxyl groups is 2. The van der Waals surface area contributed by atoms with E-state index in [0.717, 1.165) is 57.8 Å². The van der Waals surface area contributed by atoms with Crippen molar-refractivity contribution < 1.29 is 24.5 Å². The molecule has 0 saturated heterocycles. The Morgan fingerprint density at radius 3 is 1.46 bits per heavy atom. The Balaban J connectivity index is 3.56. The van der Waals surface area contributed by atoms with Crippen LogP contribution >= 0.6 is 0 Å². The number of carbonyl (C=O) groups excluding carboxylic acids is 2. The van der Waals surface area contributed by atoms with Crippen LogP contribution in [0.3, 0.4) is 0 Å². The second kappa shape index (κ2) is 40.1. The van der Waals surface area contributed by atoms with Crippen molar-refractivity contribution in [2.75, 3.05) is 13.2 Å². The monoisotopic (exact) mass is 706 g/mol. The number of allylic oxidation sites excluding steroid dienone is 3. The number of hydrogen-bond acceptors (Lipinski definition) is 5. The quantitative estimate of drug-likeness (QED) is 0.0336. The van der Waals surface area contributed by atoms with Gasteiger partial charge in [-0.15, -0.1) is 0 Å². The number of esters is 1. The van der Waals surface area contributed by atoms with Crippen LogP contribution in [0.25, 0.3) is 0 Å². The zero-order chi connectivity index (χ0) is 36.6. The number of hydrogen-bond donors (Lipinski definition) is 3. The number of unbranched alkanes of at least 4 members (excludes halogenated alkanes) is 26. The van der Waals surface area contributed by atoms with Gasteiger partial charge < -0.3 is 20.3 Å². The predicted molar refractivity (Wildman–Crippen MR) is 213 cm³/mol. The van der Waals surface area contributed by atoms with E-state index in [4.69, 9.17) is 4.74 Å². The Morgan fingerprint density at radius 2 is 0.940 bits per heavy atom. The Hall–Kier alpha value is -1.66.